The van der Waals surface area contributed by atoms with Crippen molar-refractivity contribution in [1.29, 1.82) is 0 Å². The maximum Gasteiger partial charge on any atom is 0.286 e. The molecule has 1 N–H and O–H groups in total. The van der Waals surface area contributed by atoms with Gasteiger partial charge in [0.25, 0.3) is 5.24 Å². The summed E-state index contributed by atoms with van der Waals surface area (Å²) in [5.74, 6) is 0.436. The summed E-state index contributed by atoms with van der Waals surface area (Å²) in [6.07, 6.45) is 1.11. The lowest BCUT2D eigenvalue weighted by atomic mass is 10.00. The Labute approximate surface area is 171 Å². The first-order valence-electron chi connectivity index (χ1n) is 9.43. The number of thioether (sulfide) groups is 1. The lowest BCUT2D eigenvalue weighted by Gasteiger charge is -2.06. The third kappa shape index (κ3) is 3.51. The van der Waals surface area contributed by atoms with Gasteiger partial charge in [0.2, 0.25) is 5.91 Å². The van der Waals surface area contributed by atoms with Crippen molar-refractivity contribution in [2.75, 3.05) is 0 Å². The number of oxazole rings is 1. The van der Waals surface area contributed by atoms with Crippen molar-refractivity contribution in [3.63, 3.8) is 0 Å². The molecule has 0 radical (unpaired) electrons. The van der Waals surface area contributed by atoms with Gasteiger partial charge in [0.05, 0.1) is 5.25 Å². The third-order valence-corrected chi connectivity index (χ3v) is 6.21. The molecule has 2 heterocycles. The Bertz CT molecular complexity index is 1280. The number of imide groups is 1. The van der Waals surface area contributed by atoms with Crippen molar-refractivity contribution in [2.24, 2.45) is 0 Å². The Morgan fingerprint density at radius 3 is 2.62 bits per heavy atom. The van der Waals surface area contributed by atoms with Crippen LogP contribution in [0.1, 0.15) is 22.6 Å². The van der Waals surface area contributed by atoms with Crippen LogP contribution in [0.15, 0.2) is 59.0 Å². The molecule has 1 saturated heterocycles. The molecule has 2 amide bonds. The Balaban J connectivity index is 1.41. The molecule has 1 unspecified atom stereocenters. The molecule has 1 atom stereocenters. The highest BCUT2D eigenvalue weighted by molar-refractivity contribution is 8.15. The first kappa shape index (κ1) is 17.9. The van der Waals surface area contributed by atoms with Gasteiger partial charge in [-0.3, -0.25) is 14.9 Å². The fourth-order valence-electron chi connectivity index (χ4n) is 3.72. The Kier molecular flexibility index (Phi) is 4.36. The van der Waals surface area contributed by atoms with Crippen molar-refractivity contribution in [3.8, 4) is 0 Å². The molecule has 0 spiro atoms. The molecule has 4 aromatic rings. The molecule has 144 valence electrons. The van der Waals surface area contributed by atoms with Crippen LogP contribution in [0.3, 0.4) is 0 Å². The fraction of sp³-hybridized carbons (Fsp3) is 0.174. The highest BCUT2D eigenvalue weighted by Gasteiger charge is 2.31. The Morgan fingerprint density at radius 2 is 1.86 bits per heavy atom. The summed E-state index contributed by atoms with van der Waals surface area (Å²) in [6, 6.07) is 18.4. The highest BCUT2D eigenvalue weighted by atomic mass is 32.2. The van der Waals surface area contributed by atoms with E-state index in [4.69, 9.17) is 4.42 Å². The van der Waals surface area contributed by atoms with Crippen molar-refractivity contribution < 1.29 is 14.0 Å². The summed E-state index contributed by atoms with van der Waals surface area (Å²) in [7, 11) is 0. The summed E-state index contributed by atoms with van der Waals surface area (Å²) in [6.45, 7) is 2.11. The predicted octanol–water partition coefficient (Wildman–Crippen LogP) is 4.77. The topological polar surface area (TPSA) is 72.2 Å². The van der Waals surface area contributed by atoms with E-state index in [2.05, 4.69) is 41.5 Å². The van der Waals surface area contributed by atoms with Crippen molar-refractivity contribution in [1.82, 2.24) is 10.3 Å². The fourth-order valence-corrected chi connectivity index (χ4v) is 4.58. The van der Waals surface area contributed by atoms with Crippen LogP contribution >= 0.6 is 11.8 Å². The second-order valence-electron chi connectivity index (χ2n) is 7.30. The average Bonchev–Trinajstić information content (AvgIpc) is 3.23. The molecule has 1 aliphatic rings. The van der Waals surface area contributed by atoms with Crippen molar-refractivity contribution >= 4 is 44.8 Å². The van der Waals surface area contributed by atoms with Crippen molar-refractivity contribution in [2.45, 2.75) is 25.0 Å². The third-order valence-electron chi connectivity index (χ3n) is 5.23. The van der Waals surface area contributed by atoms with E-state index in [-0.39, 0.29) is 16.4 Å². The number of nitrogens with one attached hydrogen (secondary N) is 1. The number of amides is 2. The van der Waals surface area contributed by atoms with Gasteiger partial charge in [-0.05, 0) is 52.9 Å². The minimum atomic E-state index is -0.383. The lowest BCUT2D eigenvalue weighted by molar-refractivity contribution is -0.118. The molecule has 0 saturated carbocycles. The summed E-state index contributed by atoms with van der Waals surface area (Å²) in [4.78, 5) is 27.8. The second kappa shape index (κ2) is 7.04. The summed E-state index contributed by atoms with van der Waals surface area (Å²) >= 11 is 1.04. The molecule has 5 rings (SSSR count). The van der Waals surface area contributed by atoms with Gasteiger partial charge in [0.1, 0.15) is 5.52 Å². The largest absolute Gasteiger partial charge is 0.440 e. The molecule has 5 nitrogen and oxygen atoms in total. The first-order chi connectivity index (χ1) is 14.0. The van der Waals surface area contributed by atoms with Crippen LogP contribution in [-0.2, 0) is 17.6 Å². The summed E-state index contributed by atoms with van der Waals surface area (Å²) < 4.78 is 5.95. The zero-order valence-corrected chi connectivity index (χ0v) is 16.6. The van der Waals surface area contributed by atoms with Gasteiger partial charge >= 0.3 is 0 Å². The maximum absolute atomic E-state index is 11.8. The number of aryl methyl sites for hydroxylation is 1. The van der Waals surface area contributed by atoms with Gasteiger partial charge in [0.15, 0.2) is 11.5 Å². The van der Waals surface area contributed by atoms with E-state index in [0.717, 1.165) is 28.4 Å². The number of carbonyl (C=O) groups excluding carboxylic acids is 2. The first-order valence-corrected chi connectivity index (χ1v) is 10.3. The van der Waals surface area contributed by atoms with E-state index in [1.54, 1.807) is 0 Å². The van der Waals surface area contributed by atoms with Gasteiger partial charge in [-0.15, -0.1) is 0 Å². The van der Waals surface area contributed by atoms with E-state index in [1.807, 2.05) is 30.3 Å². The number of benzene rings is 3. The average molecular weight is 402 g/mol. The quantitative estimate of drug-likeness (QED) is 0.532. The number of rotatable bonds is 4. The van der Waals surface area contributed by atoms with Crippen LogP contribution in [0.4, 0.5) is 4.79 Å². The molecule has 3 aromatic carbocycles. The number of fused-ring (bicyclic) bond motifs is 2. The molecule has 1 aliphatic heterocycles. The number of hydrogen-bond donors (Lipinski definition) is 1. The number of nitrogens with zero attached hydrogens (tertiary/aromatic N) is 1. The monoisotopic (exact) mass is 402 g/mol. The molecule has 6 heteroatoms. The van der Waals surface area contributed by atoms with Crippen LogP contribution in [0.25, 0.3) is 21.9 Å². The van der Waals surface area contributed by atoms with Gasteiger partial charge in [-0.2, -0.15) is 0 Å². The zero-order valence-electron chi connectivity index (χ0n) is 15.8. The number of carbonyl (C=O) groups is 2. The molecule has 0 bridgehead atoms. The van der Waals surface area contributed by atoms with E-state index in [0.29, 0.717) is 18.7 Å². The SMILES string of the molecule is Cc1cc2ccccc2cc1Cc1nc2cc(CC3SC(=O)NC3=O)ccc2o1. The van der Waals surface area contributed by atoms with Crippen LogP contribution in [0.2, 0.25) is 0 Å². The molecule has 1 fully saturated rings. The molecular formula is C23H18N2O3S. The molecular weight excluding hydrogens is 384 g/mol. The number of hydrogen-bond acceptors (Lipinski definition) is 5. The lowest BCUT2D eigenvalue weighted by Crippen LogP contribution is -2.25. The minimum absolute atomic E-state index is 0.229. The second-order valence-corrected chi connectivity index (χ2v) is 8.48. The maximum atomic E-state index is 11.8. The highest BCUT2D eigenvalue weighted by Crippen LogP contribution is 2.26. The van der Waals surface area contributed by atoms with E-state index in [1.165, 1.54) is 21.9 Å². The summed E-state index contributed by atoms with van der Waals surface area (Å²) in [5.41, 5.74) is 4.85. The van der Waals surface area contributed by atoms with Gasteiger partial charge in [-0.1, -0.05) is 54.2 Å². The normalized spacial score (nSPS) is 16.7. The van der Waals surface area contributed by atoms with Gasteiger partial charge < -0.3 is 4.42 Å². The van der Waals surface area contributed by atoms with Crippen molar-refractivity contribution in [3.05, 3.63) is 77.2 Å². The van der Waals surface area contributed by atoms with Gasteiger partial charge in [0, 0.05) is 6.42 Å². The van der Waals surface area contributed by atoms with E-state index < -0.39 is 0 Å². The predicted molar refractivity (Wildman–Crippen MR) is 114 cm³/mol. The molecule has 1 aromatic heterocycles. The van der Waals surface area contributed by atoms with Crippen LogP contribution in [0, 0.1) is 6.92 Å². The molecule has 29 heavy (non-hydrogen) atoms. The molecule has 0 aliphatic carbocycles. The van der Waals surface area contributed by atoms with E-state index >= 15 is 0 Å². The Morgan fingerprint density at radius 1 is 1.07 bits per heavy atom. The smallest absolute Gasteiger partial charge is 0.286 e. The summed E-state index contributed by atoms with van der Waals surface area (Å²) in [5, 5.41) is 4.09. The van der Waals surface area contributed by atoms with Crippen LogP contribution in [0.5, 0.6) is 0 Å². The van der Waals surface area contributed by atoms with Crippen LogP contribution in [-0.4, -0.2) is 21.4 Å². The minimum Gasteiger partial charge on any atom is -0.440 e. The van der Waals surface area contributed by atoms with Gasteiger partial charge in [-0.25, -0.2) is 4.98 Å². The number of aromatic nitrogens is 1. The van der Waals surface area contributed by atoms with Crippen LogP contribution < -0.4 is 5.32 Å². The standard InChI is InChI=1S/C23H18N2O3S/c1-13-8-15-4-2-3-5-16(15)11-17(13)12-21-24-18-9-14(6-7-19(18)28-21)10-20-22(26)25-23(27)29-20/h2-9,11,20H,10,12H2,1H3,(H,25,26,27). The zero-order chi connectivity index (χ0) is 20.0. The van der Waals surface area contributed by atoms with E-state index in [9.17, 15) is 9.59 Å². The Hall–Kier alpha value is -3.12.